The van der Waals surface area contributed by atoms with Crippen molar-refractivity contribution >= 4 is 17.9 Å². The van der Waals surface area contributed by atoms with Crippen molar-refractivity contribution in [2.45, 2.75) is 46.0 Å². The van der Waals surface area contributed by atoms with Crippen LogP contribution in [0.15, 0.2) is 115 Å². The molecule has 0 bridgehead atoms. The van der Waals surface area contributed by atoms with Gasteiger partial charge in [-0.2, -0.15) is 0 Å². The lowest BCUT2D eigenvalue weighted by Gasteiger charge is -2.10. The maximum Gasteiger partial charge on any atom is 0.339 e. The molecule has 5 aromatic rings. The number of hydrogen-bond acceptors (Lipinski definition) is 5. The molecule has 0 aromatic heterocycles. The first-order valence-corrected chi connectivity index (χ1v) is 16.0. The minimum absolute atomic E-state index is 0.0684. The van der Waals surface area contributed by atoms with Gasteiger partial charge in [-0.25, -0.2) is 13.6 Å². The summed E-state index contributed by atoms with van der Waals surface area (Å²) < 4.78 is 31.9. The largest absolute Gasteiger partial charge is 0.507 e. The molecule has 0 heterocycles. The number of rotatable bonds is 10. The van der Waals surface area contributed by atoms with E-state index in [9.17, 15) is 28.3 Å². The molecular weight excluding hydrogens is 658 g/mol. The van der Waals surface area contributed by atoms with Crippen LogP contribution < -0.4 is 4.74 Å². The third-order valence-electron chi connectivity index (χ3n) is 7.67. The van der Waals surface area contributed by atoms with Crippen LogP contribution in [0, 0.1) is 17.6 Å². The fraction of sp³-hybridized carbons (Fsp3) is 0.195. The van der Waals surface area contributed by atoms with Crippen molar-refractivity contribution in [3.63, 3.8) is 0 Å². The fourth-order valence-electron chi connectivity index (χ4n) is 4.77. The van der Waals surface area contributed by atoms with E-state index in [4.69, 9.17) is 20.1 Å². The molecule has 0 aliphatic carbocycles. The van der Waals surface area contributed by atoms with Gasteiger partial charge in [-0.3, -0.25) is 9.59 Å². The van der Waals surface area contributed by atoms with Gasteiger partial charge in [0, 0.05) is 11.6 Å². The van der Waals surface area contributed by atoms with Crippen LogP contribution in [0.25, 0.3) is 11.1 Å². The van der Waals surface area contributed by atoms with Crippen molar-refractivity contribution in [2.24, 2.45) is 5.92 Å². The molecule has 0 aliphatic rings. The van der Waals surface area contributed by atoms with Crippen LogP contribution in [0.1, 0.15) is 66.6 Å². The van der Waals surface area contributed by atoms with Crippen molar-refractivity contribution in [1.82, 2.24) is 0 Å². The Morgan fingerprint density at radius 1 is 0.647 bits per heavy atom. The summed E-state index contributed by atoms with van der Waals surface area (Å²) in [5.41, 5.74) is 2.86. The summed E-state index contributed by atoms with van der Waals surface area (Å²) in [6.45, 7) is 7.71. The van der Waals surface area contributed by atoms with Gasteiger partial charge in [-0.05, 0) is 97.0 Å². The second-order valence-electron chi connectivity index (χ2n) is 12.1. The molecule has 2 unspecified atom stereocenters. The normalized spacial score (nSPS) is 11.6. The maximum absolute atomic E-state index is 13.5. The first-order chi connectivity index (χ1) is 24.2. The molecule has 0 radical (unpaired) electrons. The monoisotopic (exact) mass is 698 g/mol. The van der Waals surface area contributed by atoms with Crippen molar-refractivity contribution in [3.8, 4) is 28.4 Å². The lowest BCUT2D eigenvalue weighted by Crippen LogP contribution is -2.07. The van der Waals surface area contributed by atoms with Crippen LogP contribution >= 0.6 is 0 Å². The molecule has 4 N–H and O–H groups in total. The molecule has 5 rings (SSSR count). The van der Waals surface area contributed by atoms with E-state index in [0.717, 1.165) is 41.5 Å². The molecule has 10 heteroatoms. The molecule has 2 atom stereocenters. The van der Waals surface area contributed by atoms with E-state index >= 15 is 0 Å². The number of hydrogen-bond donors (Lipinski definition) is 4. The molecule has 0 fully saturated rings. The van der Waals surface area contributed by atoms with Crippen LogP contribution in [-0.2, 0) is 16.0 Å². The molecule has 5 aromatic carbocycles. The van der Waals surface area contributed by atoms with Crippen LogP contribution in [-0.4, -0.2) is 38.3 Å². The van der Waals surface area contributed by atoms with Gasteiger partial charge >= 0.3 is 17.9 Å². The minimum atomic E-state index is -1.32. The van der Waals surface area contributed by atoms with E-state index in [2.05, 4.69) is 13.8 Å². The number of carboxylic acid groups (broad SMARTS) is 3. The highest BCUT2D eigenvalue weighted by Crippen LogP contribution is 2.29. The van der Waals surface area contributed by atoms with E-state index < -0.39 is 47.1 Å². The zero-order valence-electron chi connectivity index (χ0n) is 28.6. The van der Waals surface area contributed by atoms with E-state index in [-0.39, 0.29) is 16.7 Å². The van der Waals surface area contributed by atoms with Gasteiger partial charge in [0.2, 0.25) is 0 Å². The van der Waals surface area contributed by atoms with Gasteiger partial charge in [0.05, 0.1) is 11.8 Å². The Morgan fingerprint density at radius 3 is 1.82 bits per heavy atom. The average molecular weight is 699 g/mol. The van der Waals surface area contributed by atoms with E-state index in [1.165, 1.54) is 17.7 Å². The number of phenols is 1. The summed E-state index contributed by atoms with van der Waals surface area (Å²) in [5.74, 6) is -3.80. The number of aromatic carboxylic acids is 1. The van der Waals surface area contributed by atoms with Gasteiger partial charge in [0.25, 0.3) is 0 Å². The quantitative estimate of drug-likeness (QED) is 0.113. The molecule has 0 aliphatic heterocycles. The second-order valence-corrected chi connectivity index (χ2v) is 12.1. The van der Waals surface area contributed by atoms with Gasteiger partial charge in [-0.15, -0.1) is 0 Å². The van der Waals surface area contributed by atoms with Crippen molar-refractivity contribution in [3.05, 3.63) is 149 Å². The number of para-hydroxylation sites is 1. The fourth-order valence-corrected chi connectivity index (χ4v) is 4.77. The Morgan fingerprint density at radius 2 is 1.25 bits per heavy atom. The van der Waals surface area contributed by atoms with Crippen LogP contribution in [0.5, 0.6) is 17.2 Å². The van der Waals surface area contributed by atoms with E-state index in [1.807, 2.05) is 60.7 Å². The average Bonchev–Trinajstić information content (AvgIpc) is 3.09. The Bertz CT molecular complexity index is 1920. The summed E-state index contributed by atoms with van der Waals surface area (Å²) in [6, 6.07) is 31.1. The van der Waals surface area contributed by atoms with Crippen molar-refractivity contribution < 1.29 is 48.3 Å². The molecule has 0 spiro atoms. The maximum atomic E-state index is 13.5. The third kappa shape index (κ3) is 12.1. The number of ether oxygens (including phenoxy) is 1. The number of carbonyl (C=O) groups is 3. The van der Waals surface area contributed by atoms with Gasteiger partial charge in [0.1, 0.15) is 34.4 Å². The summed E-state index contributed by atoms with van der Waals surface area (Å²) >= 11 is 0. The molecular formula is C41H40F2O8. The Kier molecular flexibility index (Phi) is 14.4. The zero-order valence-corrected chi connectivity index (χ0v) is 28.6. The smallest absolute Gasteiger partial charge is 0.339 e. The Hall–Kier alpha value is -6.03. The number of aliphatic carboxylic acids is 2. The number of carboxylic acids is 3. The summed E-state index contributed by atoms with van der Waals surface area (Å²) in [4.78, 5) is 32.5. The Balaban J connectivity index is 0.000000208. The van der Waals surface area contributed by atoms with Crippen molar-refractivity contribution in [1.29, 1.82) is 0 Å². The lowest BCUT2D eigenvalue weighted by atomic mass is 9.97. The summed E-state index contributed by atoms with van der Waals surface area (Å²) in [7, 11) is 0. The van der Waals surface area contributed by atoms with Crippen LogP contribution in [0.4, 0.5) is 8.78 Å². The Labute approximate surface area is 295 Å². The molecule has 266 valence electrons. The first-order valence-electron chi connectivity index (χ1n) is 16.0. The highest BCUT2D eigenvalue weighted by molar-refractivity contribution is 5.92. The van der Waals surface area contributed by atoms with Crippen LogP contribution in [0.3, 0.4) is 0 Å². The molecule has 0 amide bonds. The SMILES string of the molecule is CC(C(=O)O)c1cccc(Oc2ccccc2)c1.CC(C)Cc1ccc(C(C)C(=O)O)cc1.O=C(O)c1cc(-c2ccc(F)cc2F)ccc1O. The molecule has 0 saturated carbocycles. The van der Waals surface area contributed by atoms with Gasteiger partial charge in [-0.1, -0.05) is 74.5 Å². The molecule has 0 saturated heterocycles. The third-order valence-corrected chi connectivity index (χ3v) is 7.67. The zero-order chi connectivity index (χ0) is 37.7. The number of aromatic hydroxyl groups is 1. The second kappa shape index (κ2) is 18.7. The van der Waals surface area contributed by atoms with E-state index in [0.29, 0.717) is 17.7 Å². The molecule has 8 nitrogen and oxygen atoms in total. The lowest BCUT2D eigenvalue weighted by molar-refractivity contribution is -0.139. The predicted molar refractivity (Wildman–Crippen MR) is 190 cm³/mol. The summed E-state index contributed by atoms with van der Waals surface area (Å²) in [6.07, 6.45) is 1.04. The number of benzene rings is 5. The van der Waals surface area contributed by atoms with Crippen molar-refractivity contribution in [2.75, 3.05) is 0 Å². The van der Waals surface area contributed by atoms with Gasteiger partial charge < -0.3 is 25.2 Å². The summed E-state index contributed by atoms with van der Waals surface area (Å²) in [5, 5.41) is 36.0. The highest BCUT2D eigenvalue weighted by Gasteiger charge is 2.15. The van der Waals surface area contributed by atoms with Crippen LogP contribution in [0.2, 0.25) is 0 Å². The standard InChI is InChI=1S/C15H14O3.C13H8F2O3.C13H18O2/c1-11(15(16)17)12-6-5-9-14(10-12)18-13-7-3-2-4-8-13;14-8-2-3-9(11(15)6-8)7-1-4-12(16)10(5-7)13(17)18;1-9(2)8-11-4-6-12(7-5-11)10(3)13(14)15/h2-11H,1H3,(H,16,17);1-6,16H,(H,17,18);4-7,9-10H,8H2,1-3H3,(H,14,15). The molecule has 51 heavy (non-hydrogen) atoms. The van der Waals surface area contributed by atoms with E-state index in [1.54, 1.807) is 32.0 Å². The minimum Gasteiger partial charge on any atom is -0.507 e. The first kappa shape index (κ1) is 39.4. The topological polar surface area (TPSA) is 141 Å². The van der Waals surface area contributed by atoms with Gasteiger partial charge in [0.15, 0.2) is 0 Å². The predicted octanol–water partition coefficient (Wildman–Crippen LogP) is 9.78. The highest BCUT2D eigenvalue weighted by atomic mass is 19.1. The number of halogens is 2.